The van der Waals surface area contributed by atoms with Crippen molar-refractivity contribution < 1.29 is 0 Å². The zero-order valence-corrected chi connectivity index (χ0v) is 36.7. The molecule has 4 atom stereocenters. The van der Waals surface area contributed by atoms with Gasteiger partial charge in [-0.15, -0.1) is 0 Å². The van der Waals surface area contributed by atoms with Crippen LogP contribution in [0.5, 0.6) is 0 Å². The lowest BCUT2D eigenvalue weighted by Crippen LogP contribution is -2.24. The summed E-state index contributed by atoms with van der Waals surface area (Å²) >= 11 is 0. The minimum atomic E-state index is 0.365. The molecule has 312 valence electrons. The van der Waals surface area contributed by atoms with Crippen LogP contribution in [0.3, 0.4) is 0 Å². The van der Waals surface area contributed by atoms with Gasteiger partial charge in [0.1, 0.15) is 0 Å². The number of benzene rings is 7. The van der Waals surface area contributed by atoms with Crippen LogP contribution in [0.2, 0.25) is 0 Å². The summed E-state index contributed by atoms with van der Waals surface area (Å²) in [5.74, 6) is 1.71. The number of rotatable bonds is 11. The average Bonchev–Trinajstić information content (AvgIpc) is 3.37. The Bertz CT molecular complexity index is 2780. The number of nitrogens with zero attached hydrogens (tertiary/aromatic N) is 2. The number of allylic oxidation sites excluding steroid dienone is 12. The monoisotopic (exact) mass is 826 g/mol. The Labute approximate surface area is 379 Å². The van der Waals surface area contributed by atoms with Crippen molar-refractivity contribution in [1.29, 1.82) is 0 Å². The maximum atomic E-state index is 2.48. The van der Waals surface area contributed by atoms with Crippen LogP contribution < -0.4 is 9.80 Å². The van der Waals surface area contributed by atoms with Crippen molar-refractivity contribution >= 4 is 28.4 Å². The van der Waals surface area contributed by atoms with E-state index in [2.05, 4.69) is 266 Å². The van der Waals surface area contributed by atoms with E-state index in [4.69, 9.17) is 0 Å². The molecule has 0 aromatic heterocycles. The maximum absolute atomic E-state index is 2.48. The van der Waals surface area contributed by atoms with Crippen LogP contribution in [0.1, 0.15) is 38.2 Å². The predicted octanol–water partition coefficient (Wildman–Crippen LogP) is 17.1. The van der Waals surface area contributed by atoms with E-state index in [-0.39, 0.29) is 0 Å². The second-order valence-corrected chi connectivity index (χ2v) is 17.4. The van der Waals surface area contributed by atoms with Gasteiger partial charge in [-0.3, -0.25) is 0 Å². The lowest BCUT2D eigenvalue weighted by Gasteiger charge is -2.35. The molecule has 10 rings (SSSR count). The minimum absolute atomic E-state index is 0.365. The van der Waals surface area contributed by atoms with Gasteiger partial charge < -0.3 is 9.80 Å². The van der Waals surface area contributed by atoms with Crippen LogP contribution in [0.25, 0.3) is 33.4 Å². The quantitative estimate of drug-likeness (QED) is 0.128. The summed E-state index contributed by atoms with van der Waals surface area (Å²) in [6.07, 6.45) is 24.9. The van der Waals surface area contributed by atoms with E-state index >= 15 is 0 Å². The summed E-state index contributed by atoms with van der Waals surface area (Å²) in [5.41, 5.74) is 17.1. The van der Waals surface area contributed by atoms with Crippen molar-refractivity contribution in [3.05, 3.63) is 260 Å². The molecule has 0 saturated heterocycles. The second kappa shape index (κ2) is 18.5. The lowest BCUT2D eigenvalue weighted by molar-refractivity contribution is 0.592. The molecular weight excluding hydrogens is 773 g/mol. The normalized spacial score (nSPS) is 18.9. The van der Waals surface area contributed by atoms with Crippen LogP contribution in [0.4, 0.5) is 28.4 Å². The van der Waals surface area contributed by atoms with Gasteiger partial charge in [0, 0.05) is 51.9 Å². The Hall–Kier alpha value is -7.42. The Balaban J connectivity index is 0.957. The third-order valence-corrected chi connectivity index (χ3v) is 13.2. The Kier molecular flexibility index (Phi) is 11.8. The first kappa shape index (κ1) is 40.6. The van der Waals surface area contributed by atoms with E-state index < -0.39 is 0 Å². The van der Waals surface area contributed by atoms with Gasteiger partial charge in [0.25, 0.3) is 0 Å². The molecular formula is C62H54N2. The van der Waals surface area contributed by atoms with Crippen LogP contribution >= 0.6 is 0 Å². The van der Waals surface area contributed by atoms with Crippen molar-refractivity contribution in [3.8, 4) is 33.4 Å². The number of hydrogen-bond acceptors (Lipinski definition) is 2. The van der Waals surface area contributed by atoms with Crippen LogP contribution in [-0.4, -0.2) is 0 Å². The van der Waals surface area contributed by atoms with E-state index in [0.29, 0.717) is 23.7 Å². The van der Waals surface area contributed by atoms with Crippen molar-refractivity contribution in [2.75, 3.05) is 9.80 Å². The highest BCUT2D eigenvalue weighted by molar-refractivity contribution is 5.81. The van der Waals surface area contributed by atoms with Crippen molar-refractivity contribution in [3.63, 3.8) is 0 Å². The summed E-state index contributed by atoms with van der Waals surface area (Å²) in [6, 6.07) is 66.4. The van der Waals surface area contributed by atoms with Crippen molar-refractivity contribution in [2.45, 2.75) is 32.6 Å². The highest BCUT2D eigenvalue weighted by Gasteiger charge is 2.26. The molecule has 0 N–H and O–H groups in total. The molecule has 64 heavy (non-hydrogen) atoms. The highest BCUT2D eigenvalue weighted by Crippen LogP contribution is 2.42. The van der Waals surface area contributed by atoms with Crippen LogP contribution in [-0.2, 0) is 0 Å². The predicted molar refractivity (Wildman–Crippen MR) is 273 cm³/mol. The summed E-state index contributed by atoms with van der Waals surface area (Å²) in [4.78, 5) is 4.83. The van der Waals surface area contributed by atoms with Gasteiger partial charge in [-0.25, -0.2) is 0 Å². The molecule has 0 aliphatic heterocycles. The van der Waals surface area contributed by atoms with E-state index in [0.717, 1.165) is 29.9 Å². The van der Waals surface area contributed by atoms with Gasteiger partial charge in [-0.05, 0) is 124 Å². The first-order valence-electron chi connectivity index (χ1n) is 22.9. The van der Waals surface area contributed by atoms with Gasteiger partial charge in [0.2, 0.25) is 0 Å². The molecule has 0 bridgehead atoms. The van der Waals surface area contributed by atoms with Crippen LogP contribution in [0, 0.1) is 17.8 Å². The maximum Gasteiger partial charge on any atom is 0.0462 e. The minimum Gasteiger partial charge on any atom is -0.314 e. The summed E-state index contributed by atoms with van der Waals surface area (Å²) in [7, 11) is 0. The fraction of sp³-hybridized carbons (Fsp3) is 0.129. The molecule has 4 unspecified atom stereocenters. The number of hydrogen-bond donors (Lipinski definition) is 0. The first-order valence-corrected chi connectivity index (χ1v) is 22.9. The molecule has 0 fully saturated rings. The molecule has 3 aliphatic rings. The van der Waals surface area contributed by atoms with Gasteiger partial charge >= 0.3 is 0 Å². The zero-order chi connectivity index (χ0) is 43.2. The fourth-order valence-corrected chi connectivity index (χ4v) is 9.65. The molecule has 0 heterocycles. The topological polar surface area (TPSA) is 6.48 Å². The van der Waals surface area contributed by atoms with Gasteiger partial charge in [-0.2, -0.15) is 0 Å². The van der Waals surface area contributed by atoms with E-state index in [1.807, 2.05) is 0 Å². The molecule has 0 spiro atoms. The molecule has 2 nitrogen and oxygen atoms in total. The fourth-order valence-electron chi connectivity index (χ4n) is 9.65. The van der Waals surface area contributed by atoms with E-state index in [9.17, 15) is 0 Å². The molecule has 3 aliphatic carbocycles. The first-order chi connectivity index (χ1) is 31.6. The zero-order valence-electron chi connectivity index (χ0n) is 36.7. The SMILES string of the molecule is CC1CC(C2C=CC=CC2)=CC=C1N(c1ccc(-c2ccc(N(c3ccc(-c4ccccc4)cc3)c3ccc(-c4ccccc4)cc3)cc2)cc1)c1ccc(C2C=CC=CC2C)cc1. The number of anilines is 5. The Morgan fingerprint density at radius 3 is 1.25 bits per heavy atom. The summed E-state index contributed by atoms with van der Waals surface area (Å²) < 4.78 is 0. The second-order valence-electron chi connectivity index (χ2n) is 17.4. The lowest BCUT2D eigenvalue weighted by atomic mass is 9.82. The van der Waals surface area contributed by atoms with Crippen LogP contribution in [0.15, 0.2) is 254 Å². The smallest absolute Gasteiger partial charge is 0.0462 e. The largest absolute Gasteiger partial charge is 0.314 e. The van der Waals surface area contributed by atoms with E-state index in [1.165, 1.54) is 61.6 Å². The van der Waals surface area contributed by atoms with Gasteiger partial charge in [0.05, 0.1) is 0 Å². The van der Waals surface area contributed by atoms with E-state index in [1.54, 1.807) is 0 Å². The average molecular weight is 827 g/mol. The third kappa shape index (κ3) is 8.65. The van der Waals surface area contributed by atoms with Crippen molar-refractivity contribution in [1.82, 2.24) is 0 Å². The molecule has 7 aromatic rings. The molecule has 7 aromatic carbocycles. The standard InChI is InChI=1S/C62H54N2/c1-45-14-12-13-21-61(45)54-30-41-60(42-31-54)64(62-43-32-55(44-46(62)2)49-19-10-5-11-20-49)59-39-28-53(29-40-59)52-26-37-58(38-27-52)63(56-33-22-50(23-34-56)47-15-6-3-7-16-47)57-35-24-51(25-36-57)48-17-8-4-9-18-48/h3-19,21-43,45-46,49,61H,20,44H2,1-2H3. The Morgan fingerprint density at radius 2 is 0.812 bits per heavy atom. The molecule has 0 saturated carbocycles. The molecule has 0 radical (unpaired) electrons. The summed E-state index contributed by atoms with van der Waals surface area (Å²) in [5, 5.41) is 0. The highest BCUT2D eigenvalue weighted by atomic mass is 15.2. The van der Waals surface area contributed by atoms with Crippen molar-refractivity contribution in [2.24, 2.45) is 17.8 Å². The van der Waals surface area contributed by atoms with Gasteiger partial charge in [-0.1, -0.05) is 195 Å². The Morgan fingerprint density at radius 1 is 0.391 bits per heavy atom. The third-order valence-electron chi connectivity index (χ3n) is 13.2. The molecule has 0 amide bonds. The molecule has 2 heteroatoms. The van der Waals surface area contributed by atoms with Gasteiger partial charge in [0.15, 0.2) is 0 Å². The summed E-state index contributed by atoms with van der Waals surface area (Å²) in [6.45, 7) is 4.69.